The van der Waals surface area contributed by atoms with Gasteiger partial charge in [0, 0.05) is 23.2 Å². The van der Waals surface area contributed by atoms with Gasteiger partial charge >= 0.3 is 6.09 Å². The zero-order valence-corrected chi connectivity index (χ0v) is 14.4. The first kappa shape index (κ1) is 16.1. The number of rotatable bonds is 3. The summed E-state index contributed by atoms with van der Waals surface area (Å²) in [6.45, 7) is 7.21. The lowest BCUT2D eigenvalue weighted by molar-refractivity contribution is 0.0235. The second kappa shape index (κ2) is 6.69. The van der Waals surface area contributed by atoms with E-state index >= 15 is 0 Å². The molecule has 4 nitrogen and oxygen atoms in total. The number of hydrogen-bond acceptors (Lipinski definition) is 3. The predicted octanol–water partition coefficient (Wildman–Crippen LogP) is 4.26. The van der Waals surface area contributed by atoms with E-state index in [0.29, 0.717) is 0 Å². The number of halogens is 1. The lowest BCUT2D eigenvalue weighted by atomic mass is 10.2. The number of para-hydroxylation sites is 1. The Morgan fingerprint density at radius 1 is 1.43 bits per heavy atom. The van der Waals surface area contributed by atoms with Gasteiger partial charge in [-0.05, 0) is 61.7 Å². The van der Waals surface area contributed by atoms with Gasteiger partial charge in [-0.15, -0.1) is 0 Å². The zero-order valence-electron chi connectivity index (χ0n) is 12.9. The number of carbonyl (C=O) groups is 1. The third kappa shape index (κ3) is 4.63. The minimum Gasteiger partial charge on any atom is -0.444 e. The lowest BCUT2D eigenvalue weighted by Crippen LogP contribution is -2.42. The highest BCUT2D eigenvalue weighted by Crippen LogP contribution is 2.24. The largest absolute Gasteiger partial charge is 0.444 e. The van der Waals surface area contributed by atoms with Gasteiger partial charge in [-0.25, -0.2) is 4.79 Å². The molecule has 1 saturated heterocycles. The minimum atomic E-state index is -0.444. The van der Waals surface area contributed by atoms with Gasteiger partial charge in [-0.1, -0.05) is 12.1 Å². The molecule has 1 aromatic carbocycles. The van der Waals surface area contributed by atoms with Gasteiger partial charge in [-0.2, -0.15) is 0 Å². The maximum Gasteiger partial charge on any atom is 0.410 e. The summed E-state index contributed by atoms with van der Waals surface area (Å²) in [6.07, 6.45) is 1.83. The van der Waals surface area contributed by atoms with Crippen LogP contribution >= 0.6 is 15.9 Å². The smallest absolute Gasteiger partial charge is 0.410 e. The summed E-state index contributed by atoms with van der Waals surface area (Å²) < 4.78 is 6.51. The first-order chi connectivity index (χ1) is 9.87. The van der Waals surface area contributed by atoms with Crippen molar-refractivity contribution in [2.24, 2.45) is 0 Å². The molecule has 21 heavy (non-hydrogen) atoms. The average Bonchev–Trinajstić information content (AvgIpc) is 2.84. The summed E-state index contributed by atoms with van der Waals surface area (Å²) in [5.74, 6) is 0. The van der Waals surface area contributed by atoms with Crippen LogP contribution in [-0.2, 0) is 4.74 Å². The summed E-state index contributed by atoms with van der Waals surface area (Å²) >= 11 is 3.52. The monoisotopic (exact) mass is 354 g/mol. The van der Waals surface area contributed by atoms with Crippen LogP contribution in [0.3, 0.4) is 0 Å². The number of benzene rings is 1. The molecule has 1 N–H and O–H groups in total. The molecule has 5 heteroatoms. The molecule has 0 radical (unpaired) electrons. The van der Waals surface area contributed by atoms with Crippen molar-refractivity contribution in [3.8, 4) is 0 Å². The van der Waals surface area contributed by atoms with E-state index in [1.165, 1.54) is 0 Å². The number of hydrogen-bond donors (Lipinski definition) is 1. The molecule has 2 rings (SSSR count). The van der Waals surface area contributed by atoms with Crippen molar-refractivity contribution in [2.75, 3.05) is 18.4 Å². The van der Waals surface area contributed by atoms with Crippen LogP contribution < -0.4 is 5.32 Å². The first-order valence-corrected chi connectivity index (χ1v) is 8.14. The number of nitrogens with zero attached hydrogens (tertiary/aromatic N) is 1. The number of amides is 1. The summed E-state index contributed by atoms with van der Waals surface area (Å²) in [5.41, 5.74) is 0.605. The van der Waals surface area contributed by atoms with E-state index < -0.39 is 5.60 Å². The number of carbonyl (C=O) groups excluding carboxylic acids is 1. The molecular formula is C16H23BrN2O2. The molecule has 0 aliphatic carbocycles. The topological polar surface area (TPSA) is 41.6 Å². The molecule has 116 valence electrons. The molecule has 0 spiro atoms. The Bertz CT molecular complexity index is 499. The molecule has 1 amide bonds. The summed E-state index contributed by atoms with van der Waals surface area (Å²) in [7, 11) is 0. The van der Waals surface area contributed by atoms with Gasteiger partial charge < -0.3 is 15.0 Å². The zero-order chi connectivity index (χ0) is 15.5. The van der Waals surface area contributed by atoms with E-state index in [2.05, 4.69) is 21.2 Å². The van der Waals surface area contributed by atoms with Crippen molar-refractivity contribution in [3.05, 3.63) is 28.7 Å². The Kier molecular flexibility index (Phi) is 5.14. The van der Waals surface area contributed by atoms with E-state index in [1.807, 2.05) is 49.9 Å². The fourth-order valence-electron chi connectivity index (χ4n) is 2.44. The average molecular weight is 355 g/mol. The Hall–Kier alpha value is -1.23. The van der Waals surface area contributed by atoms with Crippen molar-refractivity contribution < 1.29 is 9.53 Å². The van der Waals surface area contributed by atoms with E-state index in [-0.39, 0.29) is 12.1 Å². The van der Waals surface area contributed by atoms with Crippen LogP contribution in [0.25, 0.3) is 0 Å². The molecule has 1 heterocycles. The van der Waals surface area contributed by atoms with E-state index in [0.717, 1.165) is 36.1 Å². The fraction of sp³-hybridized carbons (Fsp3) is 0.562. The maximum absolute atomic E-state index is 12.2. The van der Waals surface area contributed by atoms with Crippen molar-refractivity contribution in [2.45, 2.75) is 45.3 Å². The van der Waals surface area contributed by atoms with Crippen LogP contribution in [0.15, 0.2) is 28.7 Å². The molecule has 1 fully saturated rings. The second-order valence-corrected chi connectivity index (χ2v) is 7.18. The number of ether oxygens (including phenoxy) is 1. The highest BCUT2D eigenvalue weighted by Gasteiger charge is 2.31. The van der Waals surface area contributed by atoms with Crippen molar-refractivity contribution in [1.82, 2.24) is 4.90 Å². The molecule has 0 aromatic heterocycles. The van der Waals surface area contributed by atoms with E-state index in [9.17, 15) is 4.79 Å². The van der Waals surface area contributed by atoms with Crippen LogP contribution in [0.4, 0.5) is 10.5 Å². The Balaban J connectivity index is 1.93. The van der Waals surface area contributed by atoms with Crippen molar-refractivity contribution >= 4 is 27.7 Å². The maximum atomic E-state index is 12.2. The normalized spacial score (nSPS) is 18.7. The highest BCUT2D eigenvalue weighted by atomic mass is 79.9. The van der Waals surface area contributed by atoms with Crippen LogP contribution in [0.2, 0.25) is 0 Å². The summed E-state index contributed by atoms with van der Waals surface area (Å²) in [6, 6.07) is 8.19. The Morgan fingerprint density at radius 2 is 2.14 bits per heavy atom. The van der Waals surface area contributed by atoms with Crippen LogP contribution in [0, 0.1) is 0 Å². The van der Waals surface area contributed by atoms with Crippen molar-refractivity contribution in [1.29, 1.82) is 0 Å². The van der Waals surface area contributed by atoms with Crippen LogP contribution in [0.1, 0.15) is 33.6 Å². The van der Waals surface area contributed by atoms with E-state index in [4.69, 9.17) is 4.74 Å². The van der Waals surface area contributed by atoms with Gasteiger partial charge in [0.2, 0.25) is 0 Å². The Morgan fingerprint density at radius 3 is 2.81 bits per heavy atom. The van der Waals surface area contributed by atoms with Gasteiger partial charge in [-0.3, -0.25) is 0 Å². The first-order valence-electron chi connectivity index (χ1n) is 7.35. The molecule has 0 unspecified atom stereocenters. The standard InChI is InChI=1S/C16H23BrN2O2/c1-16(2,3)21-15(20)19-10-6-7-12(19)11-18-14-9-5-4-8-13(14)17/h4-5,8-9,12,18H,6-7,10-11H2,1-3H3/t12-/m0/s1. The molecular weight excluding hydrogens is 332 g/mol. The molecule has 1 atom stereocenters. The van der Waals surface area contributed by atoms with Gasteiger partial charge in [0.1, 0.15) is 5.60 Å². The highest BCUT2D eigenvalue weighted by molar-refractivity contribution is 9.10. The molecule has 0 saturated carbocycles. The van der Waals surface area contributed by atoms with Gasteiger partial charge in [0.05, 0.1) is 6.04 Å². The van der Waals surface area contributed by atoms with Gasteiger partial charge in [0.15, 0.2) is 0 Å². The molecule has 1 aliphatic heterocycles. The predicted molar refractivity (Wildman–Crippen MR) is 88.6 cm³/mol. The Labute approximate surface area is 135 Å². The second-order valence-electron chi connectivity index (χ2n) is 6.33. The molecule has 1 aromatic rings. The van der Waals surface area contributed by atoms with E-state index in [1.54, 1.807) is 0 Å². The number of nitrogens with one attached hydrogen (secondary N) is 1. The quantitative estimate of drug-likeness (QED) is 0.881. The lowest BCUT2D eigenvalue weighted by Gasteiger charge is -2.29. The summed E-state index contributed by atoms with van der Waals surface area (Å²) in [4.78, 5) is 14.1. The van der Waals surface area contributed by atoms with Crippen molar-refractivity contribution in [3.63, 3.8) is 0 Å². The molecule has 1 aliphatic rings. The van der Waals surface area contributed by atoms with Gasteiger partial charge in [0.25, 0.3) is 0 Å². The number of anilines is 1. The number of likely N-dealkylation sites (tertiary alicyclic amines) is 1. The SMILES string of the molecule is CC(C)(C)OC(=O)N1CCC[C@H]1CNc1ccccc1Br. The summed E-state index contributed by atoms with van der Waals surface area (Å²) in [5, 5.41) is 3.41. The third-order valence-electron chi connectivity index (χ3n) is 3.41. The molecule has 0 bridgehead atoms. The third-order valence-corrected chi connectivity index (χ3v) is 4.10. The van der Waals surface area contributed by atoms with Crippen LogP contribution in [-0.4, -0.2) is 35.7 Å². The van der Waals surface area contributed by atoms with Crippen LogP contribution in [0.5, 0.6) is 0 Å². The fourth-order valence-corrected chi connectivity index (χ4v) is 2.87. The minimum absolute atomic E-state index is 0.187.